The highest BCUT2D eigenvalue weighted by atomic mass is 35.5. The molecule has 0 spiro atoms. The first-order valence-electron chi connectivity index (χ1n) is 7.41. The third-order valence-electron chi connectivity index (χ3n) is 5.09. The van der Waals surface area contributed by atoms with Crippen LogP contribution in [0.15, 0.2) is 24.3 Å². The maximum absolute atomic E-state index is 13.9. The fraction of sp³-hybridized carbons (Fsp3) is 0.625. The van der Waals surface area contributed by atoms with E-state index in [0.717, 1.165) is 31.0 Å². The van der Waals surface area contributed by atoms with Crippen molar-refractivity contribution in [3.8, 4) is 0 Å². The van der Waals surface area contributed by atoms with E-state index in [1.54, 1.807) is 12.1 Å². The molecule has 0 radical (unpaired) electrons. The van der Waals surface area contributed by atoms with Gasteiger partial charge in [0.1, 0.15) is 5.82 Å². The van der Waals surface area contributed by atoms with Gasteiger partial charge < -0.3 is 5.73 Å². The second kappa shape index (κ2) is 6.42. The Morgan fingerprint density at radius 2 is 2.00 bits per heavy atom. The van der Waals surface area contributed by atoms with Crippen molar-refractivity contribution < 1.29 is 4.39 Å². The van der Waals surface area contributed by atoms with Crippen LogP contribution in [0.1, 0.15) is 37.8 Å². The third kappa shape index (κ3) is 2.85. The van der Waals surface area contributed by atoms with Gasteiger partial charge >= 0.3 is 0 Å². The fourth-order valence-corrected chi connectivity index (χ4v) is 3.88. The SMILES string of the molecule is CC(c1ccccc1F)N1CC2CCCC(N)C2C1.Cl. The van der Waals surface area contributed by atoms with Crippen LogP contribution in [0.4, 0.5) is 4.39 Å². The smallest absolute Gasteiger partial charge is 0.127 e. The second-order valence-electron chi connectivity index (χ2n) is 6.17. The van der Waals surface area contributed by atoms with Gasteiger partial charge in [0.25, 0.3) is 0 Å². The third-order valence-corrected chi connectivity index (χ3v) is 5.09. The molecule has 2 nitrogen and oxygen atoms in total. The number of halogens is 2. The van der Waals surface area contributed by atoms with Gasteiger partial charge in [-0.1, -0.05) is 24.6 Å². The van der Waals surface area contributed by atoms with Crippen LogP contribution in [0.3, 0.4) is 0 Å². The van der Waals surface area contributed by atoms with Gasteiger partial charge in [-0.2, -0.15) is 0 Å². The lowest BCUT2D eigenvalue weighted by Gasteiger charge is -2.30. The van der Waals surface area contributed by atoms with Crippen molar-refractivity contribution in [2.24, 2.45) is 17.6 Å². The number of nitrogens with zero attached hydrogens (tertiary/aromatic N) is 1. The zero-order valence-electron chi connectivity index (χ0n) is 12.0. The summed E-state index contributed by atoms with van der Waals surface area (Å²) in [6.45, 7) is 4.22. The summed E-state index contributed by atoms with van der Waals surface area (Å²) in [5.41, 5.74) is 7.06. The summed E-state index contributed by atoms with van der Waals surface area (Å²) < 4.78 is 13.9. The Kier molecular flexibility index (Phi) is 5.05. The van der Waals surface area contributed by atoms with Crippen LogP contribution in [0, 0.1) is 17.7 Å². The minimum absolute atomic E-state index is 0. The molecule has 2 aliphatic rings. The van der Waals surface area contributed by atoms with Crippen molar-refractivity contribution in [1.82, 2.24) is 4.90 Å². The van der Waals surface area contributed by atoms with Gasteiger partial charge in [0.2, 0.25) is 0 Å². The van der Waals surface area contributed by atoms with E-state index in [1.165, 1.54) is 12.8 Å². The lowest BCUT2D eigenvalue weighted by atomic mass is 9.78. The maximum atomic E-state index is 13.9. The predicted octanol–water partition coefficient (Wildman–Crippen LogP) is 3.37. The molecule has 20 heavy (non-hydrogen) atoms. The van der Waals surface area contributed by atoms with Crippen molar-refractivity contribution >= 4 is 12.4 Å². The Bertz CT molecular complexity index is 454. The monoisotopic (exact) mass is 298 g/mol. The molecular weight excluding hydrogens is 275 g/mol. The summed E-state index contributed by atoms with van der Waals surface area (Å²) >= 11 is 0. The molecule has 0 aromatic heterocycles. The maximum Gasteiger partial charge on any atom is 0.127 e. The molecule has 3 rings (SSSR count). The van der Waals surface area contributed by atoms with E-state index >= 15 is 0 Å². The van der Waals surface area contributed by atoms with E-state index in [1.807, 2.05) is 12.1 Å². The molecule has 0 bridgehead atoms. The molecule has 1 aromatic rings. The zero-order chi connectivity index (χ0) is 13.4. The minimum atomic E-state index is -0.0887. The van der Waals surface area contributed by atoms with Crippen LogP contribution in [0.2, 0.25) is 0 Å². The summed E-state index contributed by atoms with van der Waals surface area (Å²) in [6.07, 6.45) is 3.70. The molecule has 112 valence electrons. The first kappa shape index (κ1) is 15.7. The number of hydrogen-bond acceptors (Lipinski definition) is 2. The van der Waals surface area contributed by atoms with Crippen LogP contribution >= 0.6 is 12.4 Å². The molecule has 1 aliphatic carbocycles. The van der Waals surface area contributed by atoms with Crippen LogP contribution in [-0.4, -0.2) is 24.0 Å². The highest BCUT2D eigenvalue weighted by molar-refractivity contribution is 5.85. The summed E-state index contributed by atoms with van der Waals surface area (Å²) in [4.78, 5) is 2.42. The van der Waals surface area contributed by atoms with Crippen molar-refractivity contribution in [3.05, 3.63) is 35.6 Å². The Hall–Kier alpha value is -0.640. The quantitative estimate of drug-likeness (QED) is 0.907. The normalized spacial score (nSPS) is 31.4. The van der Waals surface area contributed by atoms with Gasteiger partial charge in [0.05, 0.1) is 0 Å². The van der Waals surface area contributed by atoms with Gasteiger partial charge in [-0.05, 0) is 37.7 Å². The summed E-state index contributed by atoms with van der Waals surface area (Å²) in [5, 5.41) is 0. The fourth-order valence-electron chi connectivity index (χ4n) is 3.88. The second-order valence-corrected chi connectivity index (χ2v) is 6.17. The van der Waals surface area contributed by atoms with Crippen LogP contribution < -0.4 is 5.73 Å². The Balaban J connectivity index is 0.00000147. The zero-order valence-corrected chi connectivity index (χ0v) is 12.8. The molecule has 4 heteroatoms. The number of rotatable bonds is 2. The van der Waals surface area contributed by atoms with Crippen molar-refractivity contribution in [1.29, 1.82) is 0 Å². The first-order valence-corrected chi connectivity index (χ1v) is 7.41. The lowest BCUT2D eigenvalue weighted by Crippen LogP contribution is -2.38. The average Bonchev–Trinajstić information content (AvgIpc) is 2.84. The van der Waals surface area contributed by atoms with Crippen molar-refractivity contribution in [2.75, 3.05) is 13.1 Å². The number of hydrogen-bond donors (Lipinski definition) is 1. The molecule has 0 amide bonds. The topological polar surface area (TPSA) is 29.3 Å². The largest absolute Gasteiger partial charge is 0.327 e. The molecule has 2 N–H and O–H groups in total. The van der Waals surface area contributed by atoms with Gasteiger partial charge in [0, 0.05) is 30.7 Å². The summed E-state index contributed by atoms with van der Waals surface area (Å²) in [7, 11) is 0. The van der Waals surface area contributed by atoms with Crippen LogP contribution in [0.5, 0.6) is 0 Å². The molecule has 1 aromatic carbocycles. The lowest BCUT2D eigenvalue weighted by molar-refractivity contribution is 0.241. The standard InChI is InChI=1S/C16H23FN2.ClH/c1-11(13-6-2-3-7-15(13)17)19-9-12-5-4-8-16(18)14(12)10-19;/h2-3,6-7,11-12,14,16H,4-5,8-10,18H2,1H3;1H. The first-order chi connectivity index (χ1) is 9.16. The Morgan fingerprint density at radius 3 is 2.70 bits per heavy atom. The molecular formula is C16H24ClFN2. The van der Waals surface area contributed by atoms with Gasteiger partial charge in [-0.15, -0.1) is 12.4 Å². The summed E-state index contributed by atoms with van der Waals surface area (Å²) in [6, 6.07) is 7.63. The number of nitrogens with two attached hydrogens (primary N) is 1. The average molecular weight is 299 g/mol. The van der Waals surface area contributed by atoms with E-state index in [2.05, 4.69) is 11.8 Å². The highest BCUT2D eigenvalue weighted by Crippen LogP contribution is 2.39. The Labute approximate surface area is 126 Å². The molecule has 4 unspecified atom stereocenters. The number of fused-ring (bicyclic) bond motifs is 1. The number of likely N-dealkylation sites (tertiary alicyclic amines) is 1. The van der Waals surface area contributed by atoms with Crippen molar-refractivity contribution in [3.63, 3.8) is 0 Å². The molecule has 1 saturated carbocycles. The Morgan fingerprint density at radius 1 is 1.25 bits per heavy atom. The van der Waals surface area contributed by atoms with Gasteiger partial charge in [-0.3, -0.25) is 4.90 Å². The van der Waals surface area contributed by atoms with E-state index in [-0.39, 0.29) is 24.3 Å². The highest BCUT2D eigenvalue weighted by Gasteiger charge is 2.40. The van der Waals surface area contributed by atoms with Crippen LogP contribution in [0.25, 0.3) is 0 Å². The molecule has 2 fully saturated rings. The van der Waals surface area contributed by atoms with Gasteiger partial charge in [-0.25, -0.2) is 4.39 Å². The molecule has 1 saturated heterocycles. The van der Waals surface area contributed by atoms with E-state index in [4.69, 9.17) is 5.73 Å². The number of benzene rings is 1. The molecule has 4 atom stereocenters. The van der Waals surface area contributed by atoms with Crippen LogP contribution in [-0.2, 0) is 0 Å². The van der Waals surface area contributed by atoms with Gasteiger partial charge in [0.15, 0.2) is 0 Å². The molecule has 1 aliphatic heterocycles. The predicted molar refractivity (Wildman–Crippen MR) is 82.4 cm³/mol. The van der Waals surface area contributed by atoms with E-state index in [0.29, 0.717) is 12.0 Å². The summed E-state index contributed by atoms with van der Waals surface area (Å²) in [5.74, 6) is 1.25. The van der Waals surface area contributed by atoms with Crippen molar-refractivity contribution in [2.45, 2.75) is 38.3 Å². The van der Waals surface area contributed by atoms with E-state index in [9.17, 15) is 4.39 Å². The minimum Gasteiger partial charge on any atom is -0.327 e. The molecule has 1 heterocycles. The van der Waals surface area contributed by atoms with E-state index < -0.39 is 0 Å².